The number of rotatable bonds is 4. The first kappa shape index (κ1) is 20.9. The van der Waals surface area contributed by atoms with Crippen molar-refractivity contribution in [2.24, 2.45) is 0 Å². The number of ether oxygens (including phenoxy) is 1. The molecule has 0 radical (unpaired) electrons. The highest BCUT2D eigenvalue weighted by atomic mass is 16.5. The van der Waals surface area contributed by atoms with E-state index in [-0.39, 0.29) is 18.4 Å². The number of hydrogen-bond acceptors (Lipinski definition) is 3. The van der Waals surface area contributed by atoms with Crippen molar-refractivity contribution in [1.82, 2.24) is 9.80 Å². The van der Waals surface area contributed by atoms with Gasteiger partial charge in [0.2, 0.25) is 0 Å². The molecular weight excluding hydrogens is 364 g/mol. The number of piperazine rings is 1. The number of amides is 2. The van der Waals surface area contributed by atoms with Gasteiger partial charge >= 0.3 is 0 Å². The summed E-state index contributed by atoms with van der Waals surface area (Å²) in [5.74, 6) is 0.785. The lowest BCUT2D eigenvalue weighted by Gasteiger charge is -2.35. The Morgan fingerprint density at radius 3 is 2.03 bits per heavy atom. The van der Waals surface area contributed by atoms with Gasteiger partial charge in [0.1, 0.15) is 5.75 Å². The maximum atomic E-state index is 12.8. The summed E-state index contributed by atoms with van der Waals surface area (Å²) >= 11 is 0. The molecule has 0 aromatic heterocycles. The topological polar surface area (TPSA) is 49.9 Å². The van der Waals surface area contributed by atoms with Gasteiger partial charge in [0, 0.05) is 31.7 Å². The molecular formula is C24H30N2O3. The molecule has 5 heteroatoms. The fourth-order valence-corrected chi connectivity index (χ4v) is 3.59. The van der Waals surface area contributed by atoms with E-state index < -0.39 is 0 Å². The summed E-state index contributed by atoms with van der Waals surface area (Å²) in [6.45, 7) is 12.3. The summed E-state index contributed by atoms with van der Waals surface area (Å²) in [6, 6.07) is 9.87. The summed E-state index contributed by atoms with van der Waals surface area (Å²) in [5, 5.41) is 0. The van der Waals surface area contributed by atoms with Crippen molar-refractivity contribution in [1.29, 1.82) is 0 Å². The van der Waals surface area contributed by atoms with Gasteiger partial charge in [-0.25, -0.2) is 0 Å². The number of nitrogens with zero attached hydrogens (tertiary/aromatic N) is 2. The highest BCUT2D eigenvalue weighted by Crippen LogP contribution is 2.25. The van der Waals surface area contributed by atoms with Crippen molar-refractivity contribution in [3.63, 3.8) is 0 Å². The Balaban J connectivity index is 1.55. The smallest absolute Gasteiger partial charge is 0.260 e. The molecule has 5 nitrogen and oxygen atoms in total. The molecule has 29 heavy (non-hydrogen) atoms. The Labute approximate surface area is 173 Å². The average Bonchev–Trinajstić information content (AvgIpc) is 2.72. The molecule has 0 bridgehead atoms. The third kappa shape index (κ3) is 4.61. The average molecular weight is 395 g/mol. The van der Waals surface area contributed by atoms with Gasteiger partial charge in [-0.2, -0.15) is 0 Å². The van der Waals surface area contributed by atoms with Crippen molar-refractivity contribution < 1.29 is 14.3 Å². The molecule has 2 amide bonds. The van der Waals surface area contributed by atoms with Gasteiger partial charge < -0.3 is 14.5 Å². The summed E-state index contributed by atoms with van der Waals surface area (Å²) in [5.41, 5.74) is 6.25. The van der Waals surface area contributed by atoms with Crippen LogP contribution in [0.4, 0.5) is 0 Å². The third-order valence-corrected chi connectivity index (χ3v) is 5.89. The molecule has 0 saturated carbocycles. The highest BCUT2D eigenvalue weighted by molar-refractivity contribution is 5.94. The van der Waals surface area contributed by atoms with E-state index in [0.717, 1.165) is 28.0 Å². The first-order valence-corrected chi connectivity index (χ1v) is 10.1. The van der Waals surface area contributed by atoms with Crippen LogP contribution in [-0.2, 0) is 4.79 Å². The molecule has 0 unspecified atom stereocenters. The number of aryl methyl sites for hydroxylation is 4. The van der Waals surface area contributed by atoms with E-state index in [2.05, 4.69) is 6.07 Å². The minimum Gasteiger partial charge on any atom is -0.483 e. The first-order valence-electron chi connectivity index (χ1n) is 10.1. The van der Waals surface area contributed by atoms with Gasteiger partial charge in [0.25, 0.3) is 11.8 Å². The van der Waals surface area contributed by atoms with Crippen LogP contribution in [0.15, 0.2) is 30.3 Å². The van der Waals surface area contributed by atoms with Gasteiger partial charge in [0.15, 0.2) is 6.61 Å². The van der Waals surface area contributed by atoms with Gasteiger partial charge in [-0.15, -0.1) is 0 Å². The number of hydrogen-bond donors (Lipinski definition) is 0. The quantitative estimate of drug-likeness (QED) is 0.796. The van der Waals surface area contributed by atoms with Crippen molar-refractivity contribution >= 4 is 11.8 Å². The first-order chi connectivity index (χ1) is 13.8. The minimum atomic E-state index is -0.0383. The highest BCUT2D eigenvalue weighted by Gasteiger charge is 2.25. The monoisotopic (exact) mass is 394 g/mol. The van der Waals surface area contributed by atoms with E-state index in [1.807, 2.05) is 63.8 Å². The number of carbonyl (C=O) groups excluding carboxylic acids is 2. The maximum absolute atomic E-state index is 12.8. The molecule has 154 valence electrons. The van der Waals surface area contributed by atoms with Crippen molar-refractivity contribution in [3.8, 4) is 5.75 Å². The van der Waals surface area contributed by atoms with Crippen molar-refractivity contribution in [2.45, 2.75) is 34.6 Å². The molecule has 0 spiro atoms. The van der Waals surface area contributed by atoms with E-state index in [9.17, 15) is 9.59 Å². The summed E-state index contributed by atoms with van der Waals surface area (Å²) in [4.78, 5) is 29.0. The predicted octanol–water partition coefficient (Wildman–Crippen LogP) is 3.59. The fourth-order valence-electron chi connectivity index (χ4n) is 3.59. The van der Waals surface area contributed by atoms with E-state index in [1.165, 1.54) is 5.56 Å². The molecule has 2 aromatic rings. The maximum Gasteiger partial charge on any atom is 0.260 e. The Hall–Kier alpha value is -2.82. The zero-order chi connectivity index (χ0) is 21.1. The molecule has 1 heterocycles. The Morgan fingerprint density at radius 1 is 0.793 bits per heavy atom. The molecule has 1 aliphatic rings. The van der Waals surface area contributed by atoms with Crippen LogP contribution < -0.4 is 4.74 Å². The zero-order valence-electron chi connectivity index (χ0n) is 18.0. The standard InChI is InChI=1S/C24H30N2O3/c1-16-8-9-21(14-19(16)4)24(28)26-12-10-25(11-13-26)22(27)15-29-23-18(3)7-6-17(2)20(23)5/h6-9,14H,10-13,15H2,1-5H3. The normalized spacial score (nSPS) is 14.1. The summed E-state index contributed by atoms with van der Waals surface area (Å²) in [7, 11) is 0. The van der Waals surface area contributed by atoms with Gasteiger partial charge in [0.05, 0.1) is 0 Å². The molecule has 3 rings (SSSR count). The molecule has 0 aliphatic carbocycles. The predicted molar refractivity (Wildman–Crippen MR) is 115 cm³/mol. The molecule has 1 saturated heterocycles. The van der Waals surface area contributed by atoms with E-state index in [1.54, 1.807) is 4.90 Å². The second-order valence-corrected chi connectivity index (χ2v) is 7.91. The van der Waals surface area contributed by atoms with Gasteiger partial charge in [-0.3, -0.25) is 9.59 Å². The lowest BCUT2D eigenvalue weighted by molar-refractivity contribution is -0.134. The second kappa shape index (κ2) is 8.68. The van der Waals surface area contributed by atoms with Crippen LogP contribution in [-0.4, -0.2) is 54.4 Å². The van der Waals surface area contributed by atoms with Crippen LogP contribution in [0.1, 0.15) is 38.2 Å². The second-order valence-electron chi connectivity index (χ2n) is 7.91. The van der Waals surface area contributed by atoms with Crippen LogP contribution in [0.25, 0.3) is 0 Å². The van der Waals surface area contributed by atoms with E-state index >= 15 is 0 Å². The lowest BCUT2D eigenvalue weighted by atomic mass is 10.1. The van der Waals surface area contributed by atoms with Crippen LogP contribution >= 0.6 is 0 Å². The summed E-state index contributed by atoms with van der Waals surface area (Å²) < 4.78 is 5.86. The van der Waals surface area contributed by atoms with E-state index in [4.69, 9.17) is 4.74 Å². The van der Waals surface area contributed by atoms with Crippen LogP contribution in [0, 0.1) is 34.6 Å². The lowest BCUT2D eigenvalue weighted by Crippen LogP contribution is -2.51. The molecule has 2 aromatic carbocycles. The SMILES string of the molecule is Cc1ccc(C(=O)N2CCN(C(=O)COc3c(C)ccc(C)c3C)CC2)cc1C. The number of benzene rings is 2. The molecule has 0 atom stereocenters. The van der Waals surface area contributed by atoms with Crippen molar-refractivity contribution in [2.75, 3.05) is 32.8 Å². The molecule has 1 aliphatic heterocycles. The third-order valence-electron chi connectivity index (χ3n) is 5.89. The van der Waals surface area contributed by atoms with Gasteiger partial charge in [-0.1, -0.05) is 18.2 Å². The van der Waals surface area contributed by atoms with Gasteiger partial charge in [-0.05, 0) is 74.6 Å². The zero-order valence-corrected chi connectivity index (χ0v) is 18.0. The number of carbonyl (C=O) groups is 2. The van der Waals surface area contributed by atoms with E-state index in [0.29, 0.717) is 31.7 Å². The fraction of sp³-hybridized carbons (Fsp3) is 0.417. The Morgan fingerprint density at radius 2 is 1.38 bits per heavy atom. The summed E-state index contributed by atoms with van der Waals surface area (Å²) in [6.07, 6.45) is 0. The van der Waals surface area contributed by atoms with Crippen LogP contribution in [0.3, 0.4) is 0 Å². The minimum absolute atomic E-state index is 0.0240. The molecule has 0 N–H and O–H groups in total. The van der Waals surface area contributed by atoms with Crippen LogP contribution in [0.5, 0.6) is 5.75 Å². The van der Waals surface area contributed by atoms with Crippen LogP contribution in [0.2, 0.25) is 0 Å². The molecule has 1 fully saturated rings. The Kier molecular flexibility index (Phi) is 6.26. The largest absolute Gasteiger partial charge is 0.483 e. The van der Waals surface area contributed by atoms with Crippen molar-refractivity contribution in [3.05, 3.63) is 63.7 Å². The Bertz CT molecular complexity index is 928.